The molecule has 0 saturated carbocycles. The molecule has 1 unspecified atom stereocenters. The van der Waals surface area contributed by atoms with Gasteiger partial charge in [-0.2, -0.15) is 0 Å². The van der Waals surface area contributed by atoms with Gasteiger partial charge in [0.05, 0.1) is 38.9 Å². The van der Waals surface area contributed by atoms with Gasteiger partial charge >= 0.3 is 5.97 Å². The molecule has 9 heteroatoms. The highest BCUT2D eigenvalue weighted by Gasteiger charge is 2.32. The van der Waals surface area contributed by atoms with E-state index in [0.717, 1.165) is 5.56 Å². The molecule has 0 radical (unpaired) electrons. The quantitative estimate of drug-likeness (QED) is 0.573. The first-order valence-corrected chi connectivity index (χ1v) is 10.3. The molecule has 32 heavy (non-hydrogen) atoms. The molecule has 1 aromatic carbocycles. The Morgan fingerprint density at radius 2 is 1.84 bits per heavy atom. The zero-order valence-corrected chi connectivity index (χ0v) is 18.2. The molecule has 2 heterocycles. The van der Waals surface area contributed by atoms with E-state index in [1.54, 1.807) is 41.6 Å². The van der Waals surface area contributed by atoms with Crippen LogP contribution < -0.4 is 4.74 Å². The van der Waals surface area contributed by atoms with Crippen molar-refractivity contribution in [2.24, 2.45) is 0 Å². The zero-order chi connectivity index (χ0) is 22.9. The Balaban J connectivity index is 1.79. The van der Waals surface area contributed by atoms with Crippen molar-refractivity contribution in [1.29, 1.82) is 0 Å². The van der Waals surface area contributed by atoms with Gasteiger partial charge in [0.25, 0.3) is 5.91 Å². The van der Waals surface area contributed by atoms with E-state index in [4.69, 9.17) is 14.2 Å². The molecule has 0 spiro atoms. The van der Waals surface area contributed by atoms with Gasteiger partial charge in [-0.3, -0.25) is 19.4 Å². The molecule has 1 aliphatic rings. The summed E-state index contributed by atoms with van der Waals surface area (Å²) < 4.78 is 16.1. The van der Waals surface area contributed by atoms with Gasteiger partial charge in [0, 0.05) is 32.0 Å². The van der Waals surface area contributed by atoms with Crippen molar-refractivity contribution in [1.82, 2.24) is 14.8 Å². The molecule has 9 nitrogen and oxygen atoms in total. The molecule has 1 aliphatic heterocycles. The Morgan fingerprint density at radius 3 is 2.56 bits per heavy atom. The van der Waals surface area contributed by atoms with Crippen molar-refractivity contribution < 1.29 is 28.6 Å². The van der Waals surface area contributed by atoms with Crippen LogP contribution in [0.5, 0.6) is 5.75 Å². The number of carbonyl (C=O) groups is 3. The Bertz CT molecular complexity index is 936. The number of rotatable bonds is 8. The number of amides is 2. The molecule has 0 N–H and O–H groups in total. The Kier molecular flexibility index (Phi) is 8.15. The fraction of sp³-hybridized carbons (Fsp3) is 0.391. The fourth-order valence-electron chi connectivity index (χ4n) is 3.47. The van der Waals surface area contributed by atoms with Crippen molar-refractivity contribution in [3.8, 4) is 5.75 Å². The molecular formula is C23H27N3O6. The van der Waals surface area contributed by atoms with Crippen LogP contribution in [-0.4, -0.2) is 79.1 Å². The number of aromatic nitrogens is 1. The van der Waals surface area contributed by atoms with E-state index in [1.165, 1.54) is 19.1 Å². The highest BCUT2D eigenvalue weighted by Crippen LogP contribution is 2.21. The summed E-state index contributed by atoms with van der Waals surface area (Å²) in [5.74, 6) is -0.542. The highest BCUT2D eigenvalue weighted by molar-refractivity contribution is 5.99. The van der Waals surface area contributed by atoms with E-state index < -0.39 is 12.1 Å². The van der Waals surface area contributed by atoms with Crippen molar-refractivity contribution in [2.45, 2.75) is 19.1 Å². The number of carbonyl (C=O) groups excluding carboxylic acids is 3. The molecule has 2 aromatic rings. The largest absolute Gasteiger partial charge is 0.496 e. The summed E-state index contributed by atoms with van der Waals surface area (Å²) in [6, 6.07) is 10.6. The van der Waals surface area contributed by atoms with Crippen LogP contribution >= 0.6 is 0 Å². The maximum absolute atomic E-state index is 13.3. The van der Waals surface area contributed by atoms with Crippen molar-refractivity contribution in [2.75, 3.05) is 40.4 Å². The molecular weight excluding hydrogens is 414 g/mol. The number of methoxy groups -OCH3 is 2. The van der Waals surface area contributed by atoms with Crippen LogP contribution in [-0.2, 0) is 25.7 Å². The lowest BCUT2D eigenvalue weighted by Gasteiger charge is -2.25. The van der Waals surface area contributed by atoms with Crippen molar-refractivity contribution in [3.05, 3.63) is 59.9 Å². The van der Waals surface area contributed by atoms with Crippen LogP contribution in [0.25, 0.3) is 0 Å². The number of nitrogens with zero attached hydrogens (tertiary/aromatic N) is 3. The van der Waals surface area contributed by atoms with E-state index in [9.17, 15) is 14.4 Å². The van der Waals surface area contributed by atoms with E-state index in [2.05, 4.69) is 4.98 Å². The number of para-hydroxylation sites is 1. The van der Waals surface area contributed by atoms with Gasteiger partial charge in [0.15, 0.2) is 0 Å². The average Bonchev–Trinajstić information content (AvgIpc) is 2.99. The highest BCUT2D eigenvalue weighted by atomic mass is 16.5. The Labute approximate surface area is 186 Å². The predicted octanol–water partition coefficient (Wildman–Crippen LogP) is 1.52. The fourth-order valence-corrected chi connectivity index (χ4v) is 3.47. The molecule has 1 atom stereocenters. The summed E-state index contributed by atoms with van der Waals surface area (Å²) in [6.45, 7) is 0.867. The second-order valence-corrected chi connectivity index (χ2v) is 7.34. The second kappa shape index (κ2) is 11.2. The minimum atomic E-state index is -0.439. The van der Waals surface area contributed by atoms with Crippen LogP contribution in [0, 0.1) is 0 Å². The first-order valence-electron chi connectivity index (χ1n) is 10.3. The summed E-state index contributed by atoms with van der Waals surface area (Å²) in [6.07, 6.45) is 2.98. The van der Waals surface area contributed by atoms with Gasteiger partial charge in [0.1, 0.15) is 12.3 Å². The van der Waals surface area contributed by atoms with E-state index in [1.807, 2.05) is 12.1 Å². The Hall–Kier alpha value is -3.46. The van der Waals surface area contributed by atoms with Gasteiger partial charge in [0.2, 0.25) is 5.91 Å². The third-order valence-corrected chi connectivity index (χ3v) is 5.20. The smallest absolute Gasteiger partial charge is 0.307 e. The summed E-state index contributed by atoms with van der Waals surface area (Å²) in [5, 5.41) is 0. The van der Waals surface area contributed by atoms with Crippen molar-refractivity contribution in [3.63, 3.8) is 0 Å². The van der Waals surface area contributed by atoms with Gasteiger partial charge in [-0.05, 0) is 29.8 Å². The predicted molar refractivity (Wildman–Crippen MR) is 115 cm³/mol. The van der Waals surface area contributed by atoms with Gasteiger partial charge in [-0.25, -0.2) is 0 Å². The first kappa shape index (κ1) is 23.2. The lowest BCUT2D eigenvalue weighted by Crippen LogP contribution is -2.40. The lowest BCUT2D eigenvalue weighted by molar-refractivity contribution is -0.142. The molecule has 170 valence electrons. The van der Waals surface area contributed by atoms with E-state index >= 15 is 0 Å². The standard InChI is InChI=1S/C23H27N3O6/c1-30-20-6-4-3-5-19(20)23(29)26-14-18(32-16-17-7-10-24-11-8-17)13-25(21(27)15-26)12-9-22(28)31-2/h3-8,10-11,18H,9,12-16H2,1-2H3. The van der Waals surface area contributed by atoms with Crippen LogP contribution in [0.15, 0.2) is 48.8 Å². The molecule has 3 rings (SSSR count). The second-order valence-electron chi connectivity index (χ2n) is 7.34. The van der Waals surface area contributed by atoms with Gasteiger partial charge < -0.3 is 24.0 Å². The molecule has 0 aliphatic carbocycles. The van der Waals surface area contributed by atoms with E-state index in [0.29, 0.717) is 17.9 Å². The Morgan fingerprint density at radius 1 is 1.09 bits per heavy atom. The molecule has 1 fully saturated rings. The topological polar surface area (TPSA) is 98.3 Å². The summed E-state index contributed by atoms with van der Waals surface area (Å²) in [4.78, 5) is 44.8. The summed E-state index contributed by atoms with van der Waals surface area (Å²) in [7, 11) is 2.80. The monoisotopic (exact) mass is 441 g/mol. The third kappa shape index (κ3) is 6.04. The molecule has 1 aromatic heterocycles. The summed E-state index contributed by atoms with van der Waals surface area (Å²) in [5.41, 5.74) is 1.30. The first-order chi connectivity index (χ1) is 15.5. The van der Waals surface area contributed by atoms with Crippen LogP contribution in [0.2, 0.25) is 0 Å². The minimum absolute atomic E-state index is 0.0692. The van der Waals surface area contributed by atoms with Crippen LogP contribution in [0.1, 0.15) is 22.3 Å². The van der Waals surface area contributed by atoms with Crippen LogP contribution in [0.3, 0.4) is 0 Å². The lowest BCUT2D eigenvalue weighted by atomic mass is 10.1. The van der Waals surface area contributed by atoms with E-state index in [-0.39, 0.29) is 44.4 Å². The molecule has 0 bridgehead atoms. The van der Waals surface area contributed by atoms with Gasteiger partial charge in [-0.15, -0.1) is 0 Å². The number of pyridine rings is 1. The number of hydrogen-bond acceptors (Lipinski definition) is 7. The number of esters is 1. The minimum Gasteiger partial charge on any atom is -0.496 e. The average molecular weight is 441 g/mol. The van der Waals surface area contributed by atoms with Gasteiger partial charge in [-0.1, -0.05) is 12.1 Å². The molecule has 1 saturated heterocycles. The third-order valence-electron chi connectivity index (χ3n) is 5.20. The normalized spacial score (nSPS) is 16.4. The zero-order valence-electron chi connectivity index (χ0n) is 18.2. The maximum atomic E-state index is 13.3. The SMILES string of the molecule is COC(=O)CCN1CC(OCc2ccncc2)CN(C(=O)c2ccccc2OC)CC1=O. The number of benzene rings is 1. The van der Waals surface area contributed by atoms with Crippen LogP contribution in [0.4, 0.5) is 0 Å². The summed E-state index contributed by atoms with van der Waals surface area (Å²) >= 11 is 0. The molecule has 2 amide bonds. The number of ether oxygens (including phenoxy) is 3. The maximum Gasteiger partial charge on any atom is 0.307 e. The van der Waals surface area contributed by atoms with Crippen molar-refractivity contribution >= 4 is 17.8 Å². The number of hydrogen-bond donors (Lipinski definition) is 0.